The minimum atomic E-state index is -0.173. The number of aryl methyl sites for hydroxylation is 1. The SMILES string of the molecule is COC(C)c1noc(CN2CCCN(c3nnnn3-c3ccc(C)cc3)CC2)n1. The summed E-state index contributed by atoms with van der Waals surface area (Å²) < 4.78 is 12.4. The summed E-state index contributed by atoms with van der Waals surface area (Å²) in [4.78, 5) is 8.98. The summed E-state index contributed by atoms with van der Waals surface area (Å²) in [5.74, 6) is 1.96. The minimum absolute atomic E-state index is 0.173. The van der Waals surface area contributed by atoms with E-state index in [0.717, 1.165) is 44.2 Å². The lowest BCUT2D eigenvalue weighted by atomic mass is 10.2. The van der Waals surface area contributed by atoms with Gasteiger partial charge in [0, 0.05) is 33.3 Å². The van der Waals surface area contributed by atoms with Gasteiger partial charge in [0.25, 0.3) is 0 Å². The number of hydrogen-bond acceptors (Lipinski definition) is 9. The van der Waals surface area contributed by atoms with E-state index in [1.807, 2.05) is 19.1 Å². The summed E-state index contributed by atoms with van der Waals surface area (Å²) >= 11 is 0. The number of methoxy groups -OCH3 is 1. The van der Waals surface area contributed by atoms with Crippen molar-refractivity contribution >= 4 is 5.95 Å². The van der Waals surface area contributed by atoms with Crippen molar-refractivity contribution in [2.75, 3.05) is 38.2 Å². The molecule has 1 aliphatic heterocycles. The van der Waals surface area contributed by atoms with E-state index < -0.39 is 0 Å². The molecule has 1 unspecified atom stereocenters. The van der Waals surface area contributed by atoms with Gasteiger partial charge in [0.15, 0.2) is 5.82 Å². The molecule has 10 heteroatoms. The maximum absolute atomic E-state index is 5.38. The Morgan fingerprint density at radius 2 is 1.97 bits per heavy atom. The van der Waals surface area contributed by atoms with Crippen molar-refractivity contribution in [3.63, 3.8) is 0 Å². The number of nitrogens with zero attached hydrogens (tertiary/aromatic N) is 8. The third-order valence-corrected chi connectivity index (χ3v) is 5.16. The Labute approximate surface area is 169 Å². The zero-order valence-corrected chi connectivity index (χ0v) is 17.0. The Morgan fingerprint density at radius 1 is 1.14 bits per heavy atom. The lowest BCUT2D eigenvalue weighted by molar-refractivity contribution is 0.109. The van der Waals surface area contributed by atoms with E-state index in [0.29, 0.717) is 18.3 Å². The van der Waals surface area contributed by atoms with Crippen LogP contribution in [-0.4, -0.2) is 68.5 Å². The molecule has 1 fully saturated rings. The fourth-order valence-electron chi connectivity index (χ4n) is 3.36. The molecule has 29 heavy (non-hydrogen) atoms. The molecule has 0 aliphatic carbocycles. The Hall–Kier alpha value is -2.85. The Bertz CT molecular complexity index is 922. The van der Waals surface area contributed by atoms with Crippen LogP contribution in [0.1, 0.15) is 36.7 Å². The van der Waals surface area contributed by atoms with Crippen LogP contribution in [0, 0.1) is 6.92 Å². The van der Waals surface area contributed by atoms with Gasteiger partial charge in [-0.3, -0.25) is 4.90 Å². The highest BCUT2D eigenvalue weighted by atomic mass is 16.5. The van der Waals surface area contributed by atoms with Crippen molar-refractivity contribution < 1.29 is 9.26 Å². The van der Waals surface area contributed by atoms with Crippen molar-refractivity contribution in [1.29, 1.82) is 0 Å². The molecule has 1 aliphatic rings. The summed E-state index contributed by atoms with van der Waals surface area (Å²) in [7, 11) is 1.63. The number of anilines is 1. The molecule has 2 aromatic heterocycles. The van der Waals surface area contributed by atoms with E-state index in [1.54, 1.807) is 11.8 Å². The predicted octanol–water partition coefficient (Wildman–Crippen LogP) is 1.77. The molecule has 0 N–H and O–H groups in total. The van der Waals surface area contributed by atoms with Crippen molar-refractivity contribution in [3.8, 4) is 5.69 Å². The Kier molecular flexibility index (Phi) is 5.81. The van der Waals surface area contributed by atoms with E-state index >= 15 is 0 Å². The van der Waals surface area contributed by atoms with Crippen molar-refractivity contribution in [3.05, 3.63) is 41.5 Å². The first-order valence-corrected chi connectivity index (χ1v) is 9.82. The average Bonchev–Trinajstić information content (AvgIpc) is 3.34. The normalized spacial score (nSPS) is 16.7. The molecule has 0 saturated carbocycles. The molecule has 1 saturated heterocycles. The van der Waals surface area contributed by atoms with Crippen LogP contribution in [0.15, 0.2) is 28.8 Å². The van der Waals surface area contributed by atoms with Gasteiger partial charge in [-0.05, 0) is 42.8 Å². The highest BCUT2D eigenvalue weighted by Crippen LogP contribution is 2.19. The number of hydrogen-bond donors (Lipinski definition) is 0. The van der Waals surface area contributed by atoms with E-state index in [4.69, 9.17) is 9.26 Å². The van der Waals surface area contributed by atoms with Gasteiger partial charge in [0.1, 0.15) is 6.10 Å². The number of ether oxygens (including phenoxy) is 1. The van der Waals surface area contributed by atoms with Gasteiger partial charge in [-0.15, -0.1) is 0 Å². The van der Waals surface area contributed by atoms with Crippen LogP contribution < -0.4 is 4.90 Å². The third-order valence-electron chi connectivity index (χ3n) is 5.16. The highest BCUT2D eigenvalue weighted by molar-refractivity contribution is 5.41. The molecule has 10 nitrogen and oxygen atoms in total. The van der Waals surface area contributed by atoms with Gasteiger partial charge in [-0.25, -0.2) is 0 Å². The van der Waals surface area contributed by atoms with Crippen LogP contribution in [0.4, 0.5) is 5.95 Å². The summed E-state index contributed by atoms with van der Waals surface area (Å²) in [6.45, 7) is 8.10. The fraction of sp³-hybridized carbons (Fsp3) is 0.526. The summed E-state index contributed by atoms with van der Waals surface area (Å²) in [6, 6.07) is 8.20. The maximum atomic E-state index is 5.38. The van der Waals surface area contributed by atoms with Crippen LogP contribution in [-0.2, 0) is 11.3 Å². The lowest BCUT2D eigenvalue weighted by Gasteiger charge is -2.21. The van der Waals surface area contributed by atoms with Gasteiger partial charge in [0.2, 0.25) is 11.8 Å². The molecular formula is C19H26N8O2. The summed E-state index contributed by atoms with van der Waals surface area (Å²) in [5, 5.41) is 16.4. The van der Waals surface area contributed by atoms with Gasteiger partial charge < -0.3 is 14.2 Å². The smallest absolute Gasteiger partial charge is 0.250 e. The van der Waals surface area contributed by atoms with Gasteiger partial charge in [-0.2, -0.15) is 9.67 Å². The van der Waals surface area contributed by atoms with Gasteiger partial charge in [-0.1, -0.05) is 28.0 Å². The maximum Gasteiger partial charge on any atom is 0.250 e. The largest absolute Gasteiger partial charge is 0.374 e. The van der Waals surface area contributed by atoms with Crippen molar-refractivity contribution in [1.82, 2.24) is 35.2 Å². The summed E-state index contributed by atoms with van der Waals surface area (Å²) in [6.07, 6.45) is 0.823. The third kappa shape index (κ3) is 4.43. The van der Waals surface area contributed by atoms with Crippen molar-refractivity contribution in [2.45, 2.75) is 32.9 Å². The second-order valence-corrected chi connectivity index (χ2v) is 7.27. The van der Waals surface area contributed by atoms with E-state index in [-0.39, 0.29) is 6.10 Å². The van der Waals surface area contributed by atoms with E-state index in [1.165, 1.54) is 5.56 Å². The first-order valence-electron chi connectivity index (χ1n) is 9.82. The standard InChI is InChI=1S/C19H26N8O2/c1-14-5-7-16(8-6-14)27-19(21-23-24-27)26-10-4-9-25(11-12-26)13-17-20-18(22-29-17)15(2)28-3/h5-8,15H,4,9-13H2,1-3H3. The van der Waals surface area contributed by atoms with Crippen LogP contribution in [0.3, 0.4) is 0 Å². The first-order chi connectivity index (χ1) is 14.1. The molecule has 154 valence electrons. The Balaban J connectivity index is 1.41. The van der Waals surface area contributed by atoms with Gasteiger partial charge in [0.05, 0.1) is 12.2 Å². The molecule has 0 amide bonds. The fourth-order valence-corrected chi connectivity index (χ4v) is 3.36. The highest BCUT2D eigenvalue weighted by Gasteiger charge is 2.22. The topological polar surface area (TPSA) is 98.2 Å². The van der Waals surface area contributed by atoms with Crippen LogP contribution in [0.5, 0.6) is 0 Å². The van der Waals surface area contributed by atoms with Gasteiger partial charge >= 0.3 is 0 Å². The second kappa shape index (κ2) is 8.66. The monoisotopic (exact) mass is 398 g/mol. The molecule has 4 rings (SSSR count). The van der Waals surface area contributed by atoms with E-state index in [9.17, 15) is 0 Å². The molecule has 3 heterocycles. The number of benzene rings is 1. The molecule has 3 aromatic rings. The zero-order valence-electron chi connectivity index (χ0n) is 17.0. The van der Waals surface area contributed by atoms with Crippen LogP contribution in [0.25, 0.3) is 5.69 Å². The van der Waals surface area contributed by atoms with Crippen LogP contribution >= 0.6 is 0 Å². The molecule has 0 bridgehead atoms. The number of tetrazole rings is 1. The quantitative estimate of drug-likeness (QED) is 0.615. The average molecular weight is 398 g/mol. The molecule has 0 radical (unpaired) electrons. The summed E-state index contributed by atoms with van der Waals surface area (Å²) in [5.41, 5.74) is 2.17. The predicted molar refractivity (Wildman–Crippen MR) is 106 cm³/mol. The molecule has 0 spiro atoms. The molecule has 1 aromatic carbocycles. The van der Waals surface area contributed by atoms with E-state index in [2.05, 4.69) is 54.5 Å². The minimum Gasteiger partial charge on any atom is -0.374 e. The zero-order chi connectivity index (χ0) is 20.2. The lowest BCUT2D eigenvalue weighted by Crippen LogP contribution is -2.32. The van der Waals surface area contributed by atoms with Crippen molar-refractivity contribution in [2.24, 2.45) is 0 Å². The Morgan fingerprint density at radius 3 is 2.76 bits per heavy atom. The molecular weight excluding hydrogens is 372 g/mol. The van der Waals surface area contributed by atoms with Crippen LogP contribution in [0.2, 0.25) is 0 Å². The number of aromatic nitrogens is 6. The molecule has 1 atom stereocenters. The number of rotatable bonds is 6. The second-order valence-electron chi connectivity index (χ2n) is 7.27. The first kappa shape index (κ1) is 19.5.